The minimum Gasteiger partial charge on any atom is -1.00 e. The second kappa shape index (κ2) is 6.85. The van der Waals surface area contributed by atoms with E-state index in [1.54, 1.807) is 0 Å². The van der Waals surface area contributed by atoms with Crippen LogP contribution in [0.4, 0.5) is 0 Å². The third-order valence-corrected chi connectivity index (χ3v) is 5.84. The summed E-state index contributed by atoms with van der Waals surface area (Å²) in [5, 5.41) is 5.10. The Morgan fingerprint density at radius 1 is 0.517 bits per heavy atom. The van der Waals surface area contributed by atoms with Crippen LogP contribution >= 0.6 is 0 Å². The summed E-state index contributed by atoms with van der Waals surface area (Å²) in [6.07, 6.45) is 0. The first-order valence-corrected chi connectivity index (χ1v) is 9.62. The molecule has 0 aliphatic heterocycles. The first-order valence-electron chi connectivity index (χ1n) is 9.62. The summed E-state index contributed by atoms with van der Waals surface area (Å²) in [5.74, 6) is 0. The molecule has 2 heterocycles. The molecule has 0 fully saturated rings. The summed E-state index contributed by atoms with van der Waals surface area (Å²) < 4.78 is 4.73. The molecular weight excluding hydrogens is 467 g/mol. The standard InChI is InChI=1S/C26H19N2.HI/c1-27-22-14-6-4-12-20(22)26(21-13-5-7-15-23(21)27)28-24-16-8-2-10-18(24)19-11-3-9-17-25(19)28;/h2-17H,1H3;1H/q+1;/p-1. The predicted molar refractivity (Wildman–Crippen MR) is 117 cm³/mol. The van der Waals surface area contributed by atoms with Crippen LogP contribution in [0.3, 0.4) is 0 Å². The molecule has 4 aromatic carbocycles. The monoisotopic (exact) mass is 486 g/mol. The minimum atomic E-state index is 0. The van der Waals surface area contributed by atoms with Crippen LogP contribution in [-0.2, 0) is 7.05 Å². The number of fused-ring (bicyclic) bond motifs is 5. The van der Waals surface area contributed by atoms with Crippen molar-refractivity contribution in [2.75, 3.05) is 0 Å². The van der Waals surface area contributed by atoms with Crippen LogP contribution < -0.4 is 28.5 Å². The fourth-order valence-corrected chi connectivity index (χ4v) is 4.61. The van der Waals surface area contributed by atoms with Gasteiger partial charge >= 0.3 is 0 Å². The first kappa shape index (κ1) is 18.1. The van der Waals surface area contributed by atoms with Crippen molar-refractivity contribution in [2.45, 2.75) is 0 Å². The number of benzene rings is 4. The Bertz CT molecular complexity index is 1420. The smallest absolute Gasteiger partial charge is 0.214 e. The van der Waals surface area contributed by atoms with Gasteiger partial charge in [-0.25, -0.2) is 0 Å². The van der Waals surface area contributed by atoms with Crippen LogP contribution in [-0.4, -0.2) is 4.57 Å². The minimum absolute atomic E-state index is 0. The van der Waals surface area contributed by atoms with Crippen molar-refractivity contribution in [1.82, 2.24) is 4.57 Å². The Hall–Kier alpha value is -2.92. The van der Waals surface area contributed by atoms with Gasteiger partial charge in [-0.15, -0.1) is 0 Å². The van der Waals surface area contributed by atoms with Crippen LogP contribution in [0.1, 0.15) is 0 Å². The fourth-order valence-electron chi connectivity index (χ4n) is 4.61. The lowest BCUT2D eigenvalue weighted by atomic mass is 10.1. The zero-order chi connectivity index (χ0) is 18.7. The van der Waals surface area contributed by atoms with Crippen molar-refractivity contribution in [1.29, 1.82) is 0 Å². The molecule has 0 spiro atoms. The maximum absolute atomic E-state index is 2.44. The second-order valence-corrected chi connectivity index (χ2v) is 7.31. The van der Waals surface area contributed by atoms with Crippen LogP contribution in [0.15, 0.2) is 97.1 Å². The molecule has 0 atom stereocenters. The van der Waals surface area contributed by atoms with E-state index in [0.717, 1.165) is 0 Å². The van der Waals surface area contributed by atoms with Gasteiger partial charge < -0.3 is 28.5 Å². The van der Waals surface area contributed by atoms with E-state index in [0.29, 0.717) is 0 Å². The highest BCUT2D eigenvalue weighted by Gasteiger charge is 2.21. The average Bonchev–Trinajstić information content (AvgIpc) is 3.09. The van der Waals surface area contributed by atoms with E-state index in [4.69, 9.17) is 0 Å². The number of hydrogen-bond acceptors (Lipinski definition) is 0. The molecule has 0 saturated carbocycles. The number of nitrogens with zero attached hydrogens (tertiary/aromatic N) is 2. The number of rotatable bonds is 1. The summed E-state index contributed by atoms with van der Waals surface area (Å²) >= 11 is 0. The predicted octanol–water partition coefficient (Wildman–Crippen LogP) is 2.92. The third-order valence-electron chi connectivity index (χ3n) is 5.84. The Morgan fingerprint density at radius 3 is 1.38 bits per heavy atom. The lowest BCUT2D eigenvalue weighted by Gasteiger charge is -2.14. The fraction of sp³-hybridized carbons (Fsp3) is 0.0385. The SMILES string of the molecule is C[n+]1c2ccccc2c(-n2c3ccccc3c3ccccc32)c2ccccc21.[I-]. The summed E-state index contributed by atoms with van der Waals surface area (Å²) in [5.41, 5.74) is 6.21. The molecule has 0 amide bonds. The van der Waals surface area contributed by atoms with Crippen LogP contribution in [0.2, 0.25) is 0 Å². The third kappa shape index (κ3) is 2.50. The van der Waals surface area contributed by atoms with Crippen LogP contribution in [0.25, 0.3) is 49.3 Å². The lowest BCUT2D eigenvalue weighted by molar-refractivity contribution is -0.617. The Labute approximate surface area is 186 Å². The molecular formula is C26H19IN2. The van der Waals surface area contributed by atoms with Gasteiger partial charge in [0.1, 0.15) is 7.05 Å². The Kier molecular flexibility index (Phi) is 4.28. The summed E-state index contributed by atoms with van der Waals surface area (Å²) in [6, 6.07) is 34.8. The maximum atomic E-state index is 2.44. The number of pyridine rings is 1. The Balaban J connectivity index is 0.00000181. The molecule has 0 radical (unpaired) electrons. The van der Waals surface area contributed by atoms with Crippen molar-refractivity contribution in [3.05, 3.63) is 97.1 Å². The second-order valence-electron chi connectivity index (χ2n) is 7.31. The highest BCUT2D eigenvalue weighted by Crippen LogP contribution is 2.36. The molecule has 0 aliphatic rings. The molecule has 2 aromatic heterocycles. The van der Waals surface area contributed by atoms with Crippen molar-refractivity contribution in [3.63, 3.8) is 0 Å². The lowest BCUT2D eigenvalue weighted by Crippen LogP contribution is -3.00. The topological polar surface area (TPSA) is 8.81 Å². The Morgan fingerprint density at radius 2 is 0.897 bits per heavy atom. The molecule has 2 nitrogen and oxygen atoms in total. The highest BCUT2D eigenvalue weighted by atomic mass is 127. The number of halogens is 1. The molecule has 6 rings (SSSR count). The highest BCUT2D eigenvalue weighted by molar-refractivity contribution is 6.12. The molecule has 6 aromatic rings. The van der Waals surface area contributed by atoms with Gasteiger partial charge in [0.05, 0.1) is 27.5 Å². The van der Waals surface area contributed by atoms with Gasteiger partial charge in [-0.2, -0.15) is 4.57 Å². The molecule has 0 saturated heterocycles. The van der Waals surface area contributed by atoms with E-state index in [1.165, 1.54) is 49.3 Å². The zero-order valence-electron chi connectivity index (χ0n) is 16.0. The van der Waals surface area contributed by atoms with Gasteiger partial charge in [-0.1, -0.05) is 60.7 Å². The number of para-hydroxylation sites is 4. The van der Waals surface area contributed by atoms with E-state index in [1.807, 2.05) is 0 Å². The van der Waals surface area contributed by atoms with Crippen molar-refractivity contribution < 1.29 is 28.5 Å². The average molecular weight is 486 g/mol. The van der Waals surface area contributed by atoms with Gasteiger partial charge in [0.15, 0.2) is 0 Å². The summed E-state index contributed by atoms with van der Waals surface area (Å²) in [4.78, 5) is 0. The first-order chi connectivity index (χ1) is 13.8. The largest absolute Gasteiger partial charge is 1.00 e. The maximum Gasteiger partial charge on any atom is 0.214 e. The van der Waals surface area contributed by atoms with Gasteiger partial charge in [0.2, 0.25) is 11.0 Å². The van der Waals surface area contributed by atoms with Gasteiger partial charge in [-0.05, 0) is 24.3 Å². The molecule has 0 aliphatic carbocycles. The van der Waals surface area contributed by atoms with Crippen LogP contribution in [0, 0.1) is 0 Å². The normalized spacial score (nSPS) is 11.3. The summed E-state index contributed by atoms with van der Waals surface area (Å²) in [6.45, 7) is 0. The van der Waals surface area contributed by atoms with Crippen LogP contribution in [0.5, 0.6) is 0 Å². The quantitative estimate of drug-likeness (QED) is 0.192. The van der Waals surface area contributed by atoms with E-state index in [9.17, 15) is 0 Å². The molecule has 0 bridgehead atoms. The van der Waals surface area contributed by atoms with E-state index in [2.05, 4.69) is 113 Å². The molecule has 3 heteroatoms. The van der Waals surface area contributed by atoms with Gasteiger partial charge in [0.25, 0.3) is 0 Å². The summed E-state index contributed by atoms with van der Waals surface area (Å²) in [7, 11) is 2.15. The molecule has 140 valence electrons. The number of hydrogen-bond donors (Lipinski definition) is 0. The van der Waals surface area contributed by atoms with Crippen molar-refractivity contribution >= 4 is 43.6 Å². The van der Waals surface area contributed by atoms with Gasteiger partial charge in [-0.3, -0.25) is 0 Å². The van der Waals surface area contributed by atoms with E-state index in [-0.39, 0.29) is 24.0 Å². The van der Waals surface area contributed by atoms with Crippen molar-refractivity contribution in [2.24, 2.45) is 7.05 Å². The number of aryl methyl sites for hydroxylation is 1. The number of aromatic nitrogens is 2. The molecule has 0 N–H and O–H groups in total. The molecule has 29 heavy (non-hydrogen) atoms. The van der Waals surface area contributed by atoms with Crippen molar-refractivity contribution in [3.8, 4) is 5.69 Å². The van der Waals surface area contributed by atoms with E-state index >= 15 is 0 Å². The zero-order valence-corrected chi connectivity index (χ0v) is 18.2. The molecule has 0 unspecified atom stereocenters. The van der Waals surface area contributed by atoms with E-state index < -0.39 is 0 Å². The van der Waals surface area contributed by atoms with Gasteiger partial charge in [0, 0.05) is 22.9 Å².